The van der Waals surface area contributed by atoms with E-state index in [1.807, 2.05) is 47.4 Å². The third-order valence-corrected chi connectivity index (χ3v) is 5.49. The van der Waals surface area contributed by atoms with Crippen LogP contribution in [-0.2, 0) is 6.54 Å². The first-order chi connectivity index (χ1) is 14.1. The summed E-state index contributed by atoms with van der Waals surface area (Å²) in [5.41, 5.74) is 2.78. The Kier molecular flexibility index (Phi) is 5.66. The molecule has 1 fully saturated rings. The SMILES string of the molecule is N#Cc1ccc(C[NH+]2CCN(C(=O)c3ccc(-c4ccc(Cl)cc4)o3)CC2)cc1. The monoisotopic (exact) mass is 406 g/mol. The Morgan fingerprint density at radius 1 is 1.03 bits per heavy atom. The Morgan fingerprint density at radius 3 is 2.38 bits per heavy atom. The van der Waals surface area contributed by atoms with Crippen molar-refractivity contribution in [1.82, 2.24) is 4.90 Å². The zero-order chi connectivity index (χ0) is 20.2. The highest BCUT2D eigenvalue weighted by molar-refractivity contribution is 6.30. The molecule has 0 bridgehead atoms. The van der Waals surface area contributed by atoms with Crippen molar-refractivity contribution in [3.05, 3.63) is 82.6 Å². The number of halogens is 1. The Balaban J connectivity index is 1.34. The van der Waals surface area contributed by atoms with E-state index < -0.39 is 0 Å². The van der Waals surface area contributed by atoms with Crippen LogP contribution >= 0.6 is 11.6 Å². The smallest absolute Gasteiger partial charge is 0.289 e. The number of nitriles is 1. The molecule has 29 heavy (non-hydrogen) atoms. The molecule has 1 aliphatic rings. The summed E-state index contributed by atoms with van der Waals surface area (Å²) in [6, 6.07) is 20.8. The zero-order valence-corrected chi connectivity index (χ0v) is 16.7. The van der Waals surface area contributed by atoms with E-state index in [-0.39, 0.29) is 5.91 Å². The summed E-state index contributed by atoms with van der Waals surface area (Å²) in [7, 11) is 0. The fourth-order valence-electron chi connectivity index (χ4n) is 3.57. The maximum absolute atomic E-state index is 12.8. The first-order valence-electron chi connectivity index (χ1n) is 9.60. The largest absolute Gasteiger partial charge is 0.451 e. The van der Waals surface area contributed by atoms with Gasteiger partial charge in [-0.15, -0.1) is 0 Å². The lowest BCUT2D eigenvalue weighted by Crippen LogP contribution is -3.13. The normalized spacial score (nSPS) is 14.6. The number of amides is 1. The van der Waals surface area contributed by atoms with Crippen LogP contribution in [0.4, 0.5) is 0 Å². The number of carbonyl (C=O) groups is 1. The van der Waals surface area contributed by atoms with Crippen molar-refractivity contribution in [2.75, 3.05) is 26.2 Å². The van der Waals surface area contributed by atoms with Gasteiger partial charge in [0.1, 0.15) is 12.3 Å². The molecule has 1 aliphatic heterocycles. The van der Waals surface area contributed by atoms with Crippen LogP contribution in [0.25, 0.3) is 11.3 Å². The maximum Gasteiger partial charge on any atom is 0.289 e. The lowest BCUT2D eigenvalue weighted by molar-refractivity contribution is -0.917. The summed E-state index contributed by atoms with van der Waals surface area (Å²) >= 11 is 5.93. The standard InChI is InChI=1S/C23H20ClN3O2/c24-20-7-5-19(6-8-20)21-9-10-22(29-21)23(28)27-13-11-26(12-14-27)16-18-3-1-17(15-25)2-4-18/h1-10H,11-14,16H2/p+1. The van der Waals surface area contributed by atoms with Gasteiger partial charge in [0.05, 0.1) is 37.8 Å². The van der Waals surface area contributed by atoms with Crippen LogP contribution in [0.15, 0.2) is 65.1 Å². The van der Waals surface area contributed by atoms with E-state index in [4.69, 9.17) is 21.3 Å². The van der Waals surface area contributed by atoms with Crippen molar-refractivity contribution >= 4 is 17.5 Å². The zero-order valence-electron chi connectivity index (χ0n) is 15.9. The molecule has 5 nitrogen and oxygen atoms in total. The molecule has 1 amide bonds. The van der Waals surface area contributed by atoms with Crippen molar-refractivity contribution in [2.24, 2.45) is 0 Å². The third-order valence-electron chi connectivity index (χ3n) is 5.24. The van der Waals surface area contributed by atoms with Gasteiger partial charge in [-0.2, -0.15) is 5.26 Å². The first kappa shape index (κ1) is 19.3. The number of quaternary nitrogens is 1. The van der Waals surface area contributed by atoms with Crippen molar-refractivity contribution in [1.29, 1.82) is 5.26 Å². The lowest BCUT2D eigenvalue weighted by atomic mass is 10.1. The molecule has 1 aromatic heterocycles. The number of piperazine rings is 1. The average Bonchev–Trinajstić information content (AvgIpc) is 3.25. The van der Waals surface area contributed by atoms with E-state index >= 15 is 0 Å². The average molecular weight is 407 g/mol. The second-order valence-corrected chi connectivity index (χ2v) is 7.63. The van der Waals surface area contributed by atoms with E-state index in [9.17, 15) is 4.79 Å². The molecule has 146 valence electrons. The number of furan rings is 1. The maximum atomic E-state index is 12.8. The molecule has 0 spiro atoms. The van der Waals surface area contributed by atoms with Gasteiger partial charge in [0.15, 0.2) is 5.76 Å². The van der Waals surface area contributed by atoms with Gasteiger partial charge in [0.2, 0.25) is 0 Å². The third kappa shape index (κ3) is 4.51. The van der Waals surface area contributed by atoms with Crippen molar-refractivity contribution in [3.63, 3.8) is 0 Å². The number of nitrogens with zero attached hydrogens (tertiary/aromatic N) is 2. The Labute approximate surface area is 174 Å². The molecular weight excluding hydrogens is 386 g/mol. The van der Waals surface area contributed by atoms with Gasteiger partial charge >= 0.3 is 0 Å². The quantitative estimate of drug-likeness (QED) is 0.724. The minimum atomic E-state index is -0.0670. The summed E-state index contributed by atoms with van der Waals surface area (Å²) in [6.07, 6.45) is 0. The van der Waals surface area contributed by atoms with Gasteiger partial charge < -0.3 is 14.2 Å². The predicted molar refractivity (Wildman–Crippen MR) is 111 cm³/mol. The molecule has 3 aromatic rings. The fourth-order valence-corrected chi connectivity index (χ4v) is 3.69. The minimum absolute atomic E-state index is 0.0670. The Morgan fingerprint density at radius 2 is 1.72 bits per heavy atom. The molecule has 1 saturated heterocycles. The minimum Gasteiger partial charge on any atom is -0.451 e. The van der Waals surface area contributed by atoms with Crippen LogP contribution in [0.1, 0.15) is 21.7 Å². The molecule has 2 aromatic carbocycles. The second-order valence-electron chi connectivity index (χ2n) is 7.20. The van der Waals surface area contributed by atoms with Crippen LogP contribution in [0.5, 0.6) is 0 Å². The highest BCUT2D eigenvalue weighted by Gasteiger charge is 2.26. The molecule has 1 N–H and O–H groups in total. The van der Waals surface area contributed by atoms with Gasteiger partial charge in [0, 0.05) is 16.1 Å². The molecule has 4 rings (SSSR count). The molecule has 6 heteroatoms. The first-order valence-corrected chi connectivity index (χ1v) is 9.98. The van der Waals surface area contributed by atoms with Crippen LogP contribution in [0.3, 0.4) is 0 Å². The Hall–Kier alpha value is -3.07. The van der Waals surface area contributed by atoms with Gasteiger partial charge in [-0.1, -0.05) is 23.7 Å². The summed E-state index contributed by atoms with van der Waals surface area (Å²) < 4.78 is 5.80. The predicted octanol–water partition coefficient (Wildman–Crippen LogP) is 3.01. The summed E-state index contributed by atoms with van der Waals surface area (Å²) in [6.45, 7) is 4.06. The van der Waals surface area contributed by atoms with Crippen LogP contribution in [-0.4, -0.2) is 37.0 Å². The Bertz CT molecular complexity index is 1030. The number of hydrogen-bond acceptors (Lipinski definition) is 3. The van der Waals surface area contributed by atoms with Gasteiger partial charge in [-0.05, 0) is 48.5 Å². The molecular formula is C23H21ClN3O2+. The molecule has 0 unspecified atom stereocenters. The number of rotatable bonds is 4. The van der Waals surface area contributed by atoms with Crippen LogP contribution < -0.4 is 4.90 Å². The number of hydrogen-bond donors (Lipinski definition) is 1. The van der Waals surface area contributed by atoms with Crippen LogP contribution in [0.2, 0.25) is 5.02 Å². The number of benzene rings is 2. The molecule has 0 atom stereocenters. The lowest BCUT2D eigenvalue weighted by Gasteiger charge is -2.31. The van der Waals surface area contributed by atoms with Gasteiger partial charge in [-0.3, -0.25) is 4.79 Å². The van der Waals surface area contributed by atoms with Gasteiger partial charge in [-0.25, -0.2) is 0 Å². The molecule has 0 radical (unpaired) electrons. The molecule has 0 aliphatic carbocycles. The summed E-state index contributed by atoms with van der Waals surface area (Å²) in [5.74, 6) is 0.961. The molecule has 2 heterocycles. The van der Waals surface area contributed by atoms with E-state index in [1.54, 1.807) is 18.2 Å². The van der Waals surface area contributed by atoms with Crippen LogP contribution in [0, 0.1) is 11.3 Å². The van der Waals surface area contributed by atoms with Gasteiger partial charge in [0.25, 0.3) is 5.91 Å². The molecule has 0 saturated carbocycles. The second kappa shape index (κ2) is 8.52. The number of carbonyl (C=O) groups excluding carboxylic acids is 1. The highest BCUT2D eigenvalue weighted by Crippen LogP contribution is 2.24. The van der Waals surface area contributed by atoms with E-state index in [0.29, 0.717) is 35.2 Å². The number of nitrogens with one attached hydrogen (secondary N) is 1. The van der Waals surface area contributed by atoms with E-state index in [2.05, 4.69) is 6.07 Å². The topological polar surface area (TPSA) is 61.7 Å². The summed E-state index contributed by atoms with van der Waals surface area (Å²) in [4.78, 5) is 16.1. The fraction of sp³-hybridized carbons (Fsp3) is 0.217. The summed E-state index contributed by atoms with van der Waals surface area (Å²) in [5, 5.41) is 9.56. The van der Waals surface area contributed by atoms with Crippen molar-refractivity contribution < 1.29 is 14.1 Å². The highest BCUT2D eigenvalue weighted by atomic mass is 35.5. The van der Waals surface area contributed by atoms with E-state index in [0.717, 1.165) is 25.2 Å². The van der Waals surface area contributed by atoms with Crippen molar-refractivity contribution in [3.8, 4) is 17.4 Å². The van der Waals surface area contributed by atoms with E-state index in [1.165, 1.54) is 10.5 Å². The van der Waals surface area contributed by atoms with Crippen molar-refractivity contribution in [2.45, 2.75) is 6.54 Å².